The molecule has 1 saturated heterocycles. The van der Waals surface area contributed by atoms with Gasteiger partial charge in [0.15, 0.2) is 0 Å². The van der Waals surface area contributed by atoms with Gasteiger partial charge in [-0.1, -0.05) is 6.07 Å². The van der Waals surface area contributed by atoms with Crippen molar-refractivity contribution in [3.05, 3.63) is 54.0 Å². The second-order valence-electron chi connectivity index (χ2n) is 9.17. The van der Waals surface area contributed by atoms with Gasteiger partial charge >= 0.3 is 6.09 Å². The summed E-state index contributed by atoms with van der Waals surface area (Å²) in [5, 5.41) is 8.09. The molecule has 0 saturated carbocycles. The Morgan fingerprint density at radius 2 is 2.00 bits per heavy atom. The Morgan fingerprint density at radius 1 is 1.17 bits per heavy atom. The Bertz CT molecular complexity index is 1190. The number of nitrogens with one attached hydrogen (secondary N) is 1. The van der Waals surface area contributed by atoms with Crippen LogP contribution in [0.25, 0.3) is 11.1 Å². The molecule has 184 valence electrons. The van der Waals surface area contributed by atoms with Crippen LogP contribution in [-0.4, -0.2) is 47.1 Å². The van der Waals surface area contributed by atoms with Crippen LogP contribution in [0.5, 0.6) is 11.6 Å². The molecule has 1 fully saturated rings. The smallest absolute Gasteiger partial charge is 0.414 e. The van der Waals surface area contributed by atoms with Crippen LogP contribution < -0.4 is 20.7 Å². The van der Waals surface area contributed by atoms with Crippen LogP contribution in [0, 0.1) is 0 Å². The minimum atomic E-state index is -0.374. The summed E-state index contributed by atoms with van der Waals surface area (Å²) < 4.78 is 13.6. The van der Waals surface area contributed by atoms with E-state index in [0.717, 1.165) is 66.7 Å². The Hall–Kier alpha value is -3.43. The number of hydrogen-bond donors (Lipinski definition) is 2. The fourth-order valence-electron chi connectivity index (χ4n) is 4.97. The van der Waals surface area contributed by atoms with Crippen LogP contribution in [-0.2, 0) is 17.7 Å². The zero-order chi connectivity index (χ0) is 24.4. The molecule has 9 heteroatoms. The Balaban J connectivity index is 1.58. The highest BCUT2D eigenvalue weighted by Gasteiger charge is 2.32. The number of carbonyl (C=O) groups is 1. The molecule has 3 N–H and O–H groups in total. The third-order valence-electron chi connectivity index (χ3n) is 6.95. The van der Waals surface area contributed by atoms with Crippen molar-refractivity contribution in [1.82, 2.24) is 20.1 Å². The predicted molar refractivity (Wildman–Crippen MR) is 134 cm³/mol. The summed E-state index contributed by atoms with van der Waals surface area (Å²) in [5.41, 5.74) is 10.3. The molecule has 3 aromatic rings. The average Bonchev–Trinajstić information content (AvgIpc) is 3.39. The highest BCUT2D eigenvalue weighted by Crippen LogP contribution is 2.44. The highest BCUT2D eigenvalue weighted by atomic mass is 16.5. The van der Waals surface area contributed by atoms with Crippen molar-refractivity contribution in [1.29, 1.82) is 0 Å². The van der Waals surface area contributed by atoms with E-state index in [1.54, 1.807) is 11.1 Å². The summed E-state index contributed by atoms with van der Waals surface area (Å²) in [6.07, 6.45) is 9.02. The summed E-state index contributed by atoms with van der Waals surface area (Å²) >= 11 is 0. The number of ether oxygens (including phenoxy) is 2. The standard InChI is InChI=1S/C26H32N6O3/c1-17-3-5-22-23(32(17)26(33)34-2)7-6-21(25(22)35-24-8-4-18(13-27)14-29-24)19-15-30-31(16-19)20-9-11-28-12-10-20/h4,6-8,14-17,20,28H,3,5,9-13,27H2,1-2H3/t17-/m0/s1. The van der Waals surface area contributed by atoms with E-state index in [9.17, 15) is 4.79 Å². The molecule has 1 atom stereocenters. The topological polar surface area (TPSA) is 108 Å². The highest BCUT2D eigenvalue weighted by molar-refractivity contribution is 5.92. The lowest BCUT2D eigenvalue weighted by Gasteiger charge is -2.35. The molecule has 35 heavy (non-hydrogen) atoms. The lowest BCUT2D eigenvalue weighted by Crippen LogP contribution is -2.42. The molecule has 1 amide bonds. The molecule has 9 nitrogen and oxygen atoms in total. The van der Waals surface area contributed by atoms with Crippen LogP contribution in [0.1, 0.15) is 43.4 Å². The minimum absolute atomic E-state index is 0.0262. The molecule has 4 heterocycles. The van der Waals surface area contributed by atoms with Crippen molar-refractivity contribution in [2.45, 2.75) is 51.2 Å². The fourth-order valence-corrected chi connectivity index (χ4v) is 4.97. The number of benzene rings is 1. The van der Waals surface area contributed by atoms with Crippen LogP contribution in [0.4, 0.5) is 10.5 Å². The first kappa shape index (κ1) is 23.3. The molecule has 0 spiro atoms. The first-order valence-electron chi connectivity index (χ1n) is 12.2. The van der Waals surface area contributed by atoms with E-state index in [1.165, 1.54) is 7.11 Å². The number of methoxy groups -OCH3 is 1. The lowest BCUT2D eigenvalue weighted by atomic mass is 9.92. The zero-order valence-electron chi connectivity index (χ0n) is 20.2. The number of nitrogens with zero attached hydrogens (tertiary/aromatic N) is 4. The van der Waals surface area contributed by atoms with Gasteiger partial charge in [0, 0.05) is 47.7 Å². The number of piperidine rings is 1. The number of aromatic nitrogens is 3. The zero-order valence-corrected chi connectivity index (χ0v) is 20.2. The Labute approximate surface area is 205 Å². The second kappa shape index (κ2) is 10.1. The van der Waals surface area contributed by atoms with Gasteiger partial charge in [-0.3, -0.25) is 9.58 Å². The minimum Gasteiger partial charge on any atom is -0.452 e. The lowest BCUT2D eigenvalue weighted by molar-refractivity contribution is 0.175. The van der Waals surface area contributed by atoms with Crippen molar-refractivity contribution in [2.75, 3.05) is 25.1 Å². The maximum Gasteiger partial charge on any atom is 0.414 e. The van der Waals surface area contributed by atoms with Crippen LogP contribution in [0.2, 0.25) is 0 Å². The molecule has 2 aliphatic rings. The number of nitrogens with two attached hydrogens (primary N) is 1. The van der Waals surface area contributed by atoms with Gasteiger partial charge < -0.3 is 20.5 Å². The van der Waals surface area contributed by atoms with E-state index in [4.69, 9.17) is 15.2 Å². The van der Waals surface area contributed by atoms with Crippen LogP contribution in [0.15, 0.2) is 42.9 Å². The summed E-state index contributed by atoms with van der Waals surface area (Å²) in [4.78, 5) is 18.8. The summed E-state index contributed by atoms with van der Waals surface area (Å²) in [5.74, 6) is 1.17. The van der Waals surface area contributed by atoms with E-state index in [2.05, 4.69) is 26.3 Å². The van der Waals surface area contributed by atoms with Gasteiger partial charge in [0.25, 0.3) is 0 Å². The van der Waals surface area contributed by atoms with Gasteiger partial charge in [-0.15, -0.1) is 0 Å². The SMILES string of the molecule is COC(=O)N1c2ccc(-c3cnn(C4CCNCC4)c3)c(Oc3ccc(CN)cn3)c2CC[C@@H]1C. The number of pyridine rings is 1. The van der Waals surface area contributed by atoms with Crippen molar-refractivity contribution >= 4 is 11.8 Å². The number of fused-ring (bicyclic) bond motifs is 1. The quantitative estimate of drug-likeness (QED) is 0.572. The van der Waals surface area contributed by atoms with E-state index in [-0.39, 0.29) is 12.1 Å². The second-order valence-corrected chi connectivity index (χ2v) is 9.17. The molecule has 5 rings (SSSR count). The van der Waals surface area contributed by atoms with Gasteiger partial charge in [0.05, 0.1) is 25.0 Å². The van der Waals surface area contributed by atoms with Gasteiger partial charge in [0.2, 0.25) is 5.88 Å². The normalized spacial score (nSPS) is 18.3. The molecular weight excluding hydrogens is 444 g/mol. The maximum atomic E-state index is 12.6. The van der Waals surface area contributed by atoms with E-state index in [1.807, 2.05) is 37.4 Å². The first-order valence-corrected chi connectivity index (χ1v) is 12.2. The fraction of sp³-hybridized carbons (Fsp3) is 0.423. The number of rotatable bonds is 5. The number of amides is 1. The van der Waals surface area contributed by atoms with Crippen molar-refractivity contribution in [3.8, 4) is 22.8 Å². The molecular formula is C26H32N6O3. The third-order valence-corrected chi connectivity index (χ3v) is 6.95. The summed E-state index contributed by atoms with van der Waals surface area (Å²) in [6.45, 7) is 4.45. The molecule has 2 aromatic heterocycles. The molecule has 0 aliphatic carbocycles. The summed E-state index contributed by atoms with van der Waals surface area (Å²) in [7, 11) is 1.41. The Kier molecular flexibility index (Phi) is 6.70. The van der Waals surface area contributed by atoms with Crippen molar-refractivity contribution < 1.29 is 14.3 Å². The molecule has 1 aromatic carbocycles. The van der Waals surface area contributed by atoms with E-state index in [0.29, 0.717) is 24.2 Å². The van der Waals surface area contributed by atoms with E-state index >= 15 is 0 Å². The molecule has 0 bridgehead atoms. The number of hydrogen-bond acceptors (Lipinski definition) is 7. The number of carbonyl (C=O) groups excluding carboxylic acids is 1. The van der Waals surface area contributed by atoms with Gasteiger partial charge in [0.1, 0.15) is 5.75 Å². The van der Waals surface area contributed by atoms with Gasteiger partial charge in [-0.2, -0.15) is 5.10 Å². The monoisotopic (exact) mass is 476 g/mol. The molecule has 2 aliphatic heterocycles. The van der Waals surface area contributed by atoms with Crippen LogP contribution >= 0.6 is 0 Å². The van der Waals surface area contributed by atoms with Crippen molar-refractivity contribution in [3.63, 3.8) is 0 Å². The van der Waals surface area contributed by atoms with Crippen LogP contribution in [0.3, 0.4) is 0 Å². The third kappa shape index (κ3) is 4.61. The van der Waals surface area contributed by atoms with E-state index < -0.39 is 0 Å². The predicted octanol–water partition coefficient (Wildman–Crippen LogP) is 4.03. The Morgan fingerprint density at radius 3 is 2.71 bits per heavy atom. The molecule has 0 unspecified atom stereocenters. The van der Waals surface area contributed by atoms with Gasteiger partial charge in [-0.25, -0.2) is 9.78 Å². The number of anilines is 1. The maximum absolute atomic E-state index is 12.6. The largest absolute Gasteiger partial charge is 0.452 e. The molecule has 0 radical (unpaired) electrons. The van der Waals surface area contributed by atoms with Gasteiger partial charge in [-0.05, 0) is 63.4 Å². The van der Waals surface area contributed by atoms with Crippen molar-refractivity contribution in [2.24, 2.45) is 5.73 Å². The first-order chi connectivity index (χ1) is 17.1. The average molecular weight is 477 g/mol. The summed E-state index contributed by atoms with van der Waals surface area (Å²) in [6, 6.07) is 8.13.